The van der Waals surface area contributed by atoms with E-state index in [1.807, 2.05) is 13.8 Å². The highest BCUT2D eigenvalue weighted by Gasteiger charge is 2.15. The molecule has 0 unspecified atom stereocenters. The van der Waals surface area contributed by atoms with Crippen LogP contribution in [0.15, 0.2) is 29.2 Å². The molecule has 2 amide bonds. The SMILES string of the molecule is CCCCC(=O)NNC(=O)CN1CCCC1.Cc1ccc(S(=O)(=O)O)cc1. The molecule has 8 nitrogen and oxygen atoms in total. The Balaban J connectivity index is 0.000000289. The molecule has 0 aromatic heterocycles. The molecule has 1 aromatic rings. The summed E-state index contributed by atoms with van der Waals surface area (Å²) in [5.41, 5.74) is 5.82. The van der Waals surface area contributed by atoms with Crippen molar-refractivity contribution in [2.45, 2.75) is 50.8 Å². The van der Waals surface area contributed by atoms with Gasteiger partial charge in [-0.3, -0.25) is 29.9 Å². The van der Waals surface area contributed by atoms with Crippen LogP contribution in [-0.2, 0) is 19.7 Å². The number of unbranched alkanes of at least 4 members (excludes halogenated alkanes) is 1. The molecule has 2 rings (SSSR count). The summed E-state index contributed by atoms with van der Waals surface area (Å²) < 4.78 is 29.6. The zero-order valence-electron chi connectivity index (χ0n) is 15.9. The topological polar surface area (TPSA) is 116 Å². The van der Waals surface area contributed by atoms with Gasteiger partial charge >= 0.3 is 0 Å². The fourth-order valence-corrected chi connectivity index (χ4v) is 2.91. The van der Waals surface area contributed by atoms with Gasteiger partial charge in [-0.15, -0.1) is 0 Å². The number of hydrogen-bond donors (Lipinski definition) is 3. The van der Waals surface area contributed by atoms with Crippen LogP contribution in [0.5, 0.6) is 0 Å². The molecule has 0 aliphatic carbocycles. The molecule has 0 bridgehead atoms. The number of aryl methyl sites for hydroxylation is 1. The van der Waals surface area contributed by atoms with Crippen molar-refractivity contribution in [2.75, 3.05) is 19.6 Å². The number of nitrogens with one attached hydrogen (secondary N) is 2. The Kier molecular flexibility index (Phi) is 9.98. The quantitative estimate of drug-likeness (QED) is 0.495. The van der Waals surface area contributed by atoms with E-state index in [0.717, 1.165) is 44.3 Å². The van der Waals surface area contributed by atoms with Gasteiger partial charge in [-0.05, 0) is 51.4 Å². The number of carbonyl (C=O) groups excluding carboxylic acids is 2. The molecule has 27 heavy (non-hydrogen) atoms. The molecule has 1 aliphatic rings. The lowest BCUT2D eigenvalue weighted by Crippen LogP contribution is -2.45. The van der Waals surface area contributed by atoms with E-state index in [-0.39, 0.29) is 16.7 Å². The first-order valence-electron chi connectivity index (χ1n) is 9.06. The van der Waals surface area contributed by atoms with E-state index in [2.05, 4.69) is 15.8 Å². The third-order valence-electron chi connectivity index (χ3n) is 3.98. The molecule has 0 atom stereocenters. The Morgan fingerprint density at radius 1 is 1.07 bits per heavy atom. The number of carbonyl (C=O) groups is 2. The number of hydrogen-bond acceptors (Lipinski definition) is 5. The summed E-state index contributed by atoms with van der Waals surface area (Å²) in [6, 6.07) is 5.99. The Hall–Kier alpha value is -1.97. The maximum absolute atomic E-state index is 11.4. The third-order valence-corrected chi connectivity index (χ3v) is 4.85. The minimum Gasteiger partial charge on any atom is -0.294 e. The third kappa shape index (κ3) is 10.1. The monoisotopic (exact) mass is 399 g/mol. The molecular formula is C18H29N3O5S. The second kappa shape index (κ2) is 11.7. The molecule has 1 aliphatic heterocycles. The van der Waals surface area contributed by atoms with E-state index in [9.17, 15) is 18.0 Å². The number of benzene rings is 1. The van der Waals surface area contributed by atoms with Crippen molar-refractivity contribution in [2.24, 2.45) is 0 Å². The van der Waals surface area contributed by atoms with Crippen molar-refractivity contribution in [3.05, 3.63) is 29.8 Å². The Bertz CT molecular complexity index is 698. The first-order valence-corrected chi connectivity index (χ1v) is 10.5. The van der Waals surface area contributed by atoms with Crippen LogP contribution in [0.3, 0.4) is 0 Å². The van der Waals surface area contributed by atoms with Crippen LogP contribution in [0, 0.1) is 6.92 Å². The van der Waals surface area contributed by atoms with Gasteiger partial charge in [-0.2, -0.15) is 8.42 Å². The summed E-state index contributed by atoms with van der Waals surface area (Å²) in [4.78, 5) is 24.6. The number of amides is 2. The van der Waals surface area contributed by atoms with Crippen molar-refractivity contribution in [1.82, 2.24) is 15.8 Å². The first kappa shape index (κ1) is 23.1. The lowest BCUT2D eigenvalue weighted by molar-refractivity contribution is -0.129. The molecule has 1 aromatic carbocycles. The van der Waals surface area contributed by atoms with E-state index in [1.165, 1.54) is 12.1 Å². The van der Waals surface area contributed by atoms with Gasteiger partial charge in [0.25, 0.3) is 16.0 Å². The average Bonchev–Trinajstić information content (AvgIpc) is 3.11. The molecule has 0 radical (unpaired) electrons. The van der Waals surface area contributed by atoms with E-state index in [0.29, 0.717) is 13.0 Å². The number of rotatable bonds is 6. The summed E-state index contributed by atoms with van der Waals surface area (Å²) in [5.74, 6) is -0.247. The highest BCUT2D eigenvalue weighted by atomic mass is 32.2. The van der Waals surface area contributed by atoms with Crippen LogP contribution >= 0.6 is 0 Å². The molecule has 152 valence electrons. The standard InChI is InChI=1S/C11H21N3O2.C7H8O3S/c1-2-3-6-10(15)12-13-11(16)9-14-7-4-5-8-14;1-6-2-4-7(5-3-6)11(8,9)10/h2-9H2,1H3,(H,12,15)(H,13,16);2-5H,1H3,(H,8,9,10). The maximum atomic E-state index is 11.4. The van der Waals surface area contributed by atoms with Gasteiger partial charge in [0, 0.05) is 6.42 Å². The van der Waals surface area contributed by atoms with Crippen molar-refractivity contribution in [3.8, 4) is 0 Å². The normalized spacial score (nSPS) is 14.2. The van der Waals surface area contributed by atoms with E-state index < -0.39 is 10.1 Å². The van der Waals surface area contributed by atoms with Crippen LogP contribution in [-0.4, -0.2) is 49.3 Å². The minimum absolute atomic E-state index is 0.0666. The number of nitrogens with zero attached hydrogens (tertiary/aromatic N) is 1. The number of hydrazine groups is 1. The Labute approximate surface area is 161 Å². The van der Waals surface area contributed by atoms with E-state index >= 15 is 0 Å². The van der Waals surface area contributed by atoms with Crippen molar-refractivity contribution < 1.29 is 22.6 Å². The lowest BCUT2D eigenvalue weighted by Gasteiger charge is -2.14. The highest BCUT2D eigenvalue weighted by molar-refractivity contribution is 7.85. The van der Waals surface area contributed by atoms with Gasteiger partial charge in [-0.1, -0.05) is 31.0 Å². The minimum atomic E-state index is -4.02. The van der Waals surface area contributed by atoms with Gasteiger partial charge in [0.2, 0.25) is 5.91 Å². The second-order valence-electron chi connectivity index (χ2n) is 6.47. The van der Waals surface area contributed by atoms with Crippen LogP contribution in [0.4, 0.5) is 0 Å². The summed E-state index contributed by atoms with van der Waals surface area (Å²) >= 11 is 0. The van der Waals surface area contributed by atoms with Gasteiger partial charge in [-0.25, -0.2) is 0 Å². The summed E-state index contributed by atoms with van der Waals surface area (Å²) in [6.45, 7) is 6.22. The van der Waals surface area contributed by atoms with Crippen molar-refractivity contribution in [3.63, 3.8) is 0 Å². The fourth-order valence-electron chi connectivity index (χ4n) is 2.43. The zero-order chi connectivity index (χ0) is 20.3. The average molecular weight is 400 g/mol. The smallest absolute Gasteiger partial charge is 0.294 e. The van der Waals surface area contributed by atoms with Crippen molar-refractivity contribution in [1.29, 1.82) is 0 Å². The summed E-state index contributed by atoms with van der Waals surface area (Å²) in [7, 11) is -4.02. The predicted octanol–water partition coefficient (Wildman–Crippen LogP) is 1.66. The molecular weight excluding hydrogens is 370 g/mol. The van der Waals surface area contributed by atoms with Gasteiger partial charge in [0.1, 0.15) is 0 Å². The number of likely N-dealkylation sites (tertiary alicyclic amines) is 1. The first-order chi connectivity index (χ1) is 12.7. The summed E-state index contributed by atoms with van der Waals surface area (Å²) in [6.07, 6.45) is 4.63. The maximum Gasteiger partial charge on any atom is 0.294 e. The van der Waals surface area contributed by atoms with Crippen LogP contribution in [0.25, 0.3) is 0 Å². The molecule has 3 N–H and O–H groups in total. The second-order valence-corrected chi connectivity index (χ2v) is 7.89. The van der Waals surface area contributed by atoms with Crippen LogP contribution in [0.1, 0.15) is 44.6 Å². The fraction of sp³-hybridized carbons (Fsp3) is 0.556. The van der Waals surface area contributed by atoms with Crippen LogP contribution < -0.4 is 10.9 Å². The Morgan fingerprint density at radius 2 is 1.63 bits per heavy atom. The molecule has 9 heteroatoms. The van der Waals surface area contributed by atoms with Crippen LogP contribution in [0.2, 0.25) is 0 Å². The molecule has 0 saturated carbocycles. The lowest BCUT2D eigenvalue weighted by atomic mass is 10.2. The summed E-state index contributed by atoms with van der Waals surface area (Å²) in [5, 5.41) is 0. The molecule has 0 spiro atoms. The largest absolute Gasteiger partial charge is 0.294 e. The molecule has 1 fully saturated rings. The zero-order valence-corrected chi connectivity index (χ0v) is 16.7. The highest BCUT2D eigenvalue weighted by Crippen LogP contribution is 2.08. The molecule has 1 saturated heterocycles. The van der Waals surface area contributed by atoms with Crippen molar-refractivity contribution >= 4 is 21.9 Å². The van der Waals surface area contributed by atoms with E-state index in [4.69, 9.17) is 4.55 Å². The van der Waals surface area contributed by atoms with E-state index in [1.54, 1.807) is 12.1 Å². The van der Waals surface area contributed by atoms with Gasteiger partial charge < -0.3 is 0 Å². The Morgan fingerprint density at radius 3 is 2.15 bits per heavy atom. The van der Waals surface area contributed by atoms with Gasteiger partial charge in [0.05, 0.1) is 11.4 Å². The molecule has 1 heterocycles. The van der Waals surface area contributed by atoms with Gasteiger partial charge in [0.15, 0.2) is 0 Å². The predicted molar refractivity (Wildman–Crippen MR) is 102 cm³/mol.